The molecule has 0 saturated heterocycles. The van der Waals surface area contributed by atoms with Gasteiger partial charge in [-0.15, -0.1) is 0 Å². The summed E-state index contributed by atoms with van der Waals surface area (Å²) in [5, 5.41) is 5.57. The zero-order valence-electron chi connectivity index (χ0n) is 14.1. The highest BCUT2D eigenvalue weighted by Crippen LogP contribution is 2.05. The fraction of sp³-hybridized carbons (Fsp3) is 0.150. The number of hydrogen-bond acceptors (Lipinski definition) is 4. The first-order chi connectivity index (χ1) is 12.7. The summed E-state index contributed by atoms with van der Waals surface area (Å²) in [6.07, 6.45) is 5.16. The number of pyridine rings is 1. The molecule has 0 bridgehead atoms. The lowest BCUT2D eigenvalue weighted by Crippen LogP contribution is -2.27. The number of furan rings is 1. The lowest BCUT2D eigenvalue weighted by Gasteiger charge is -2.07. The summed E-state index contributed by atoms with van der Waals surface area (Å²) in [5.74, 6) is 0.0862. The van der Waals surface area contributed by atoms with E-state index in [1.165, 1.54) is 18.5 Å². The van der Waals surface area contributed by atoms with Gasteiger partial charge in [-0.1, -0.05) is 30.3 Å². The summed E-state index contributed by atoms with van der Waals surface area (Å²) < 4.78 is 5.17. The molecule has 0 aliphatic carbocycles. The van der Waals surface area contributed by atoms with Crippen molar-refractivity contribution in [2.45, 2.75) is 13.0 Å². The van der Waals surface area contributed by atoms with Crippen LogP contribution < -0.4 is 10.6 Å². The molecule has 6 nitrogen and oxygen atoms in total. The zero-order chi connectivity index (χ0) is 18.2. The molecule has 0 aliphatic rings. The standard InChI is InChI=1S/C20H19N3O3/c24-19(22-9-8-15-5-2-1-3-6-15)16-11-17(13-21-12-16)20(25)23-14-18-7-4-10-26-18/h1-7,10-13H,8-9,14H2,(H,22,24)(H,23,25). The van der Waals surface area contributed by atoms with Gasteiger partial charge in [-0.3, -0.25) is 14.6 Å². The molecule has 0 radical (unpaired) electrons. The van der Waals surface area contributed by atoms with Gasteiger partial charge in [0.15, 0.2) is 0 Å². The topological polar surface area (TPSA) is 84.2 Å². The first-order valence-electron chi connectivity index (χ1n) is 8.30. The number of aromatic nitrogens is 1. The van der Waals surface area contributed by atoms with Gasteiger partial charge in [-0.2, -0.15) is 0 Å². The van der Waals surface area contributed by atoms with Gasteiger partial charge < -0.3 is 15.1 Å². The molecule has 0 unspecified atom stereocenters. The molecular formula is C20H19N3O3. The summed E-state index contributed by atoms with van der Waals surface area (Å²) in [5.41, 5.74) is 1.83. The minimum atomic E-state index is -0.312. The van der Waals surface area contributed by atoms with Crippen LogP contribution in [0.15, 0.2) is 71.6 Å². The number of nitrogens with zero attached hydrogens (tertiary/aromatic N) is 1. The minimum Gasteiger partial charge on any atom is -0.467 e. The lowest BCUT2D eigenvalue weighted by atomic mass is 10.1. The highest BCUT2D eigenvalue weighted by molar-refractivity contribution is 5.99. The molecule has 26 heavy (non-hydrogen) atoms. The van der Waals surface area contributed by atoms with Crippen LogP contribution in [0, 0.1) is 0 Å². The highest BCUT2D eigenvalue weighted by Gasteiger charge is 2.11. The Hall–Kier alpha value is -3.41. The average molecular weight is 349 g/mol. The molecule has 0 spiro atoms. The van der Waals surface area contributed by atoms with Crippen LogP contribution in [0.3, 0.4) is 0 Å². The van der Waals surface area contributed by atoms with Crippen LogP contribution in [0.1, 0.15) is 32.0 Å². The number of rotatable bonds is 7. The number of hydrogen-bond donors (Lipinski definition) is 2. The van der Waals surface area contributed by atoms with Gasteiger partial charge in [0.05, 0.1) is 23.9 Å². The molecule has 0 atom stereocenters. The third kappa shape index (κ3) is 4.80. The van der Waals surface area contributed by atoms with Crippen LogP contribution >= 0.6 is 0 Å². The first kappa shape index (κ1) is 17.4. The smallest absolute Gasteiger partial charge is 0.253 e. The van der Waals surface area contributed by atoms with Gasteiger partial charge in [0.2, 0.25) is 0 Å². The van der Waals surface area contributed by atoms with Crippen LogP contribution in [0.2, 0.25) is 0 Å². The van der Waals surface area contributed by atoms with Crippen molar-refractivity contribution in [1.29, 1.82) is 0 Å². The maximum Gasteiger partial charge on any atom is 0.253 e. The molecule has 0 fully saturated rings. The Morgan fingerprint density at radius 3 is 2.35 bits per heavy atom. The molecule has 2 aromatic heterocycles. The first-order valence-corrected chi connectivity index (χ1v) is 8.30. The van der Waals surface area contributed by atoms with Gasteiger partial charge in [0.25, 0.3) is 11.8 Å². The average Bonchev–Trinajstić information content (AvgIpc) is 3.20. The van der Waals surface area contributed by atoms with Crippen LogP contribution in [-0.2, 0) is 13.0 Å². The molecule has 0 aliphatic heterocycles. The van der Waals surface area contributed by atoms with Crippen molar-refractivity contribution in [1.82, 2.24) is 15.6 Å². The number of nitrogens with one attached hydrogen (secondary N) is 2. The molecule has 132 valence electrons. The van der Waals surface area contributed by atoms with E-state index in [2.05, 4.69) is 15.6 Å². The third-order valence-electron chi connectivity index (χ3n) is 3.81. The number of carbonyl (C=O) groups is 2. The predicted octanol–water partition coefficient (Wildman–Crippen LogP) is 2.58. The van der Waals surface area contributed by atoms with Gasteiger partial charge in [0, 0.05) is 18.9 Å². The largest absolute Gasteiger partial charge is 0.467 e. The predicted molar refractivity (Wildman–Crippen MR) is 96.6 cm³/mol. The van der Waals surface area contributed by atoms with Crippen LogP contribution in [0.4, 0.5) is 0 Å². The van der Waals surface area contributed by atoms with E-state index in [0.717, 1.165) is 12.0 Å². The van der Waals surface area contributed by atoms with Gasteiger partial charge in [-0.25, -0.2) is 0 Å². The highest BCUT2D eigenvalue weighted by atomic mass is 16.3. The fourth-order valence-corrected chi connectivity index (χ4v) is 2.44. The molecule has 2 heterocycles. The lowest BCUT2D eigenvalue weighted by molar-refractivity contribution is 0.0947. The SMILES string of the molecule is O=C(NCCc1ccccc1)c1cncc(C(=O)NCc2ccco2)c1. The Balaban J connectivity index is 1.54. The Labute approximate surface area is 151 Å². The molecule has 1 aromatic carbocycles. The number of benzene rings is 1. The van der Waals surface area contributed by atoms with Crippen LogP contribution in [0.25, 0.3) is 0 Å². The number of carbonyl (C=O) groups excluding carboxylic acids is 2. The molecule has 3 rings (SSSR count). The zero-order valence-corrected chi connectivity index (χ0v) is 14.1. The van der Waals surface area contributed by atoms with E-state index in [4.69, 9.17) is 4.42 Å². The summed E-state index contributed by atoms with van der Waals surface area (Å²) in [6, 6.07) is 15.0. The Bertz CT molecular complexity index is 861. The van der Waals surface area contributed by atoms with Gasteiger partial charge >= 0.3 is 0 Å². The van der Waals surface area contributed by atoms with E-state index < -0.39 is 0 Å². The van der Waals surface area contributed by atoms with Crippen molar-refractivity contribution in [2.24, 2.45) is 0 Å². The monoisotopic (exact) mass is 349 g/mol. The van der Waals surface area contributed by atoms with E-state index in [0.29, 0.717) is 23.4 Å². The molecule has 6 heteroatoms. The fourth-order valence-electron chi connectivity index (χ4n) is 2.44. The number of amides is 2. The normalized spacial score (nSPS) is 10.3. The summed E-state index contributed by atoms with van der Waals surface area (Å²) in [7, 11) is 0. The van der Waals surface area contributed by atoms with E-state index in [-0.39, 0.29) is 18.4 Å². The molecular weight excluding hydrogens is 330 g/mol. The summed E-state index contributed by atoms with van der Waals surface area (Å²) in [4.78, 5) is 28.4. The quantitative estimate of drug-likeness (QED) is 0.687. The Kier molecular flexibility index (Phi) is 5.77. The maximum atomic E-state index is 12.3. The molecule has 2 amide bonds. The third-order valence-corrected chi connectivity index (χ3v) is 3.81. The molecule has 3 aromatic rings. The van der Waals surface area contributed by atoms with Gasteiger partial charge in [0.1, 0.15) is 5.76 Å². The van der Waals surface area contributed by atoms with E-state index in [9.17, 15) is 9.59 Å². The second kappa shape index (κ2) is 8.62. The second-order valence-corrected chi connectivity index (χ2v) is 5.72. The Morgan fingerprint density at radius 1 is 0.923 bits per heavy atom. The summed E-state index contributed by atoms with van der Waals surface area (Å²) in [6.45, 7) is 0.789. The van der Waals surface area contributed by atoms with Crippen molar-refractivity contribution in [2.75, 3.05) is 6.54 Å². The van der Waals surface area contributed by atoms with Crippen LogP contribution in [0.5, 0.6) is 0 Å². The summed E-state index contributed by atoms with van der Waals surface area (Å²) >= 11 is 0. The molecule has 2 N–H and O–H groups in total. The Morgan fingerprint density at radius 2 is 1.65 bits per heavy atom. The van der Waals surface area contributed by atoms with Gasteiger partial charge in [-0.05, 0) is 30.2 Å². The van der Waals surface area contributed by atoms with E-state index in [1.54, 1.807) is 18.4 Å². The van der Waals surface area contributed by atoms with Crippen molar-refractivity contribution < 1.29 is 14.0 Å². The van der Waals surface area contributed by atoms with E-state index >= 15 is 0 Å². The van der Waals surface area contributed by atoms with E-state index in [1.807, 2.05) is 30.3 Å². The second-order valence-electron chi connectivity index (χ2n) is 5.72. The van der Waals surface area contributed by atoms with Crippen LogP contribution in [-0.4, -0.2) is 23.3 Å². The van der Waals surface area contributed by atoms with Crippen molar-refractivity contribution in [3.63, 3.8) is 0 Å². The van der Waals surface area contributed by atoms with Crippen molar-refractivity contribution >= 4 is 11.8 Å². The van der Waals surface area contributed by atoms with Crippen molar-refractivity contribution in [3.05, 3.63) is 89.6 Å². The maximum absolute atomic E-state index is 12.3. The van der Waals surface area contributed by atoms with Crippen molar-refractivity contribution in [3.8, 4) is 0 Å². The minimum absolute atomic E-state index is 0.255. The molecule has 0 saturated carbocycles.